The van der Waals surface area contributed by atoms with Crippen LogP contribution in [-0.2, 0) is 0 Å². The Morgan fingerprint density at radius 3 is 2.52 bits per heavy atom. The number of nitrogens with zero attached hydrogens (tertiary/aromatic N) is 1. The normalized spacial score (nSPS) is 10.6. The first-order valence-corrected chi connectivity index (χ1v) is 7.65. The predicted molar refractivity (Wildman–Crippen MR) is 86.6 cm³/mol. The molecule has 0 aliphatic carbocycles. The molecule has 1 amide bonds. The highest BCUT2D eigenvalue weighted by Gasteiger charge is 2.13. The van der Waals surface area contributed by atoms with E-state index >= 15 is 0 Å². The third-order valence-corrected chi connectivity index (χ3v) is 4.11. The molecule has 0 radical (unpaired) electrons. The Labute approximate surface area is 135 Å². The summed E-state index contributed by atoms with van der Waals surface area (Å²) in [7, 11) is 0. The van der Waals surface area contributed by atoms with Gasteiger partial charge in [0.05, 0.1) is 5.69 Å². The Kier molecular flexibility index (Phi) is 4.16. The summed E-state index contributed by atoms with van der Waals surface area (Å²) in [6.45, 7) is 1.87. The predicted octanol–water partition coefficient (Wildman–Crippen LogP) is 4.65. The number of carbonyl (C=O) groups is 1. The molecule has 0 atom stereocenters. The second kappa shape index (κ2) is 6.26. The number of thiazole rings is 1. The molecular formula is C17H12F2N2OS. The lowest BCUT2D eigenvalue weighted by molar-refractivity contribution is 0.102. The van der Waals surface area contributed by atoms with E-state index in [4.69, 9.17) is 0 Å². The van der Waals surface area contributed by atoms with Gasteiger partial charge < -0.3 is 0 Å². The number of hydrogen-bond acceptors (Lipinski definition) is 3. The molecule has 0 aliphatic heterocycles. The molecule has 23 heavy (non-hydrogen) atoms. The summed E-state index contributed by atoms with van der Waals surface area (Å²) in [6, 6.07) is 11.4. The van der Waals surface area contributed by atoms with Crippen molar-refractivity contribution in [2.45, 2.75) is 6.92 Å². The van der Waals surface area contributed by atoms with Crippen molar-refractivity contribution in [3.8, 4) is 11.3 Å². The molecule has 6 heteroatoms. The number of rotatable bonds is 3. The molecule has 3 rings (SSSR count). The van der Waals surface area contributed by atoms with Crippen LogP contribution in [0.15, 0.2) is 48.5 Å². The van der Waals surface area contributed by atoms with Crippen LogP contribution in [-0.4, -0.2) is 10.9 Å². The van der Waals surface area contributed by atoms with E-state index in [1.54, 1.807) is 12.1 Å². The minimum Gasteiger partial charge on any atom is -0.298 e. The van der Waals surface area contributed by atoms with Crippen LogP contribution in [0.5, 0.6) is 0 Å². The number of amides is 1. The van der Waals surface area contributed by atoms with E-state index in [-0.39, 0.29) is 11.4 Å². The Bertz CT molecular complexity index is 859. The number of hydrogen-bond donors (Lipinski definition) is 1. The highest BCUT2D eigenvalue weighted by Crippen LogP contribution is 2.30. The zero-order valence-corrected chi connectivity index (χ0v) is 13.0. The zero-order chi connectivity index (χ0) is 16.4. The molecule has 0 saturated heterocycles. The second-order valence-electron chi connectivity index (χ2n) is 4.90. The van der Waals surface area contributed by atoms with Gasteiger partial charge in [0.1, 0.15) is 11.6 Å². The van der Waals surface area contributed by atoms with Crippen molar-refractivity contribution < 1.29 is 13.6 Å². The quantitative estimate of drug-likeness (QED) is 0.759. The van der Waals surface area contributed by atoms with Crippen LogP contribution in [0.2, 0.25) is 0 Å². The Morgan fingerprint density at radius 1 is 1.09 bits per heavy atom. The van der Waals surface area contributed by atoms with Crippen molar-refractivity contribution in [2.24, 2.45) is 0 Å². The minimum atomic E-state index is -0.472. The van der Waals surface area contributed by atoms with Gasteiger partial charge in [0.25, 0.3) is 5.91 Å². The number of anilines is 1. The number of aromatic nitrogens is 1. The number of halogens is 2. The van der Waals surface area contributed by atoms with Gasteiger partial charge in [-0.3, -0.25) is 10.1 Å². The Hall–Kier alpha value is -2.60. The molecule has 0 fully saturated rings. The van der Waals surface area contributed by atoms with E-state index in [2.05, 4.69) is 10.3 Å². The number of nitrogens with one attached hydrogen (secondary N) is 1. The van der Waals surface area contributed by atoms with Gasteiger partial charge in [-0.25, -0.2) is 13.8 Å². The summed E-state index contributed by atoms with van der Waals surface area (Å²) in [5, 5.41) is 3.07. The first-order valence-electron chi connectivity index (χ1n) is 6.83. The Morgan fingerprint density at radius 2 is 1.83 bits per heavy atom. The molecule has 3 aromatic rings. The van der Waals surface area contributed by atoms with Crippen molar-refractivity contribution in [3.05, 3.63) is 70.6 Å². The standard InChI is InChI=1S/C17H12F2N2OS/c1-10-15(11-5-7-13(18)8-6-11)20-17(23-10)21-16(22)12-3-2-4-14(19)9-12/h2-9H,1H3,(H,20,21,22). The average Bonchev–Trinajstić information content (AvgIpc) is 2.88. The molecule has 0 bridgehead atoms. The lowest BCUT2D eigenvalue weighted by Crippen LogP contribution is -2.11. The fourth-order valence-corrected chi connectivity index (χ4v) is 2.96. The van der Waals surface area contributed by atoms with Crippen LogP contribution in [0.3, 0.4) is 0 Å². The summed E-state index contributed by atoms with van der Waals surface area (Å²) in [5.41, 5.74) is 1.68. The molecule has 0 spiro atoms. The smallest absolute Gasteiger partial charge is 0.257 e. The minimum absolute atomic E-state index is 0.223. The van der Waals surface area contributed by atoms with Gasteiger partial charge in [-0.15, -0.1) is 11.3 Å². The van der Waals surface area contributed by atoms with Gasteiger partial charge in [-0.2, -0.15) is 0 Å². The van der Waals surface area contributed by atoms with E-state index in [1.807, 2.05) is 6.92 Å². The molecular weight excluding hydrogens is 318 g/mol. The van der Waals surface area contributed by atoms with E-state index < -0.39 is 11.7 Å². The zero-order valence-electron chi connectivity index (χ0n) is 12.1. The van der Waals surface area contributed by atoms with Crippen LogP contribution in [0.1, 0.15) is 15.2 Å². The summed E-state index contributed by atoms with van der Waals surface area (Å²) < 4.78 is 26.2. The average molecular weight is 330 g/mol. The lowest BCUT2D eigenvalue weighted by Gasteiger charge is -2.01. The number of carbonyl (C=O) groups excluding carboxylic acids is 1. The second-order valence-corrected chi connectivity index (χ2v) is 6.10. The third kappa shape index (κ3) is 3.43. The van der Waals surface area contributed by atoms with Crippen LogP contribution in [0, 0.1) is 18.6 Å². The van der Waals surface area contributed by atoms with Gasteiger partial charge in [0, 0.05) is 16.0 Å². The van der Waals surface area contributed by atoms with Gasteiger partial charge in [-0.05, 0) is 49.4 Å². The van der Waals surface area contributed by atoms with Crippen molar-refractivity contribution >= 4 is 22.4 Å². The lowest BCUT2D eigenvalue weighted by atomic mass is 10.1. The Balaban J connectivity index is 1.83. The van der Waals surface area contributed by atoms with E-state index in [9.17, 15) is 13.6 Å². The van der Waals surface area contributed by atoms with Crippen LogP contribution in [0.4, 0.5) is 13.9 Å². The fourth-order valence-electron chi connectivity index (χ4n) is 2.12. The summed E-state index contributed by atoms with van der Waals surface area (Å²) >= 11 is 1.31. The highest BCUT2D eigenvalue weighted by molar-refractivity contribution is 7.16. The van der Waals surface area contributed by atoms with Gasteiger partial charge >= 0.3 is 0 Å². The molecule has 2 aromatic carbocycles. The first-order chi connectivity index (χ1) is 11.0. The summed E-state index contributed by atoms with van der Waals surface area (Å²) in [5.74, 6) is -1.22. The van der Waals surface area contributed by atoms with E-state index in [1.165, 1.54) is 41.7 Å². The van der Waals surface area contributed by atoms with Crippen LogP contribution in [0.25, 0.3) is 11.3 Å². The van der Waals surface area contributed by atoms with Crippen molar-refractivity contribution in [1.29, 1.82) is 0 Å². The molecule has 0 saturated carbocycles. The monoisotopic (exact) mass is 330 g/mol. The molecule has 3 nitrogen and oxygen atoms in total. The fraction of sp³-hybridized carbons (Fsp3) is 0.0588. The third-order valence-electron chi connectivity index (χ3n) is 3.22. The number of benzene rings is 2. The van der Waals surface area contributed by atoms with Gasteiger partial charge in [0.2, 0.25) is 0 Å². The van der Waals surface area contributed by atoms with E-state index in [0.717, 1.165) is 16.5 Å². The SMILES string of the molecule is Cc1sc(NC(=O)c2cccc(F)c2)nc1-c1ccc(F)cc1. The largest absolute Gasteiger partial charge is 0.298 e. The molecule has 116 valence electrons. The first kappa shape index (κ1) is 15.3. The number of aryl methyl sites for hydroxylation is 1. The maximum Gasteiger partial charge on any atom is 0.257 e. The summed E-state index contributed by atoms with van der Waals surface area (Å²) in [6.07, 6.45) is 0. The highest BCUT2D eigenvalue weighted by atomic mass is 32.1. The van der Waals surface area contributed by atoms with Crippen molar-refractivity contribution in [3.63, 3.8) is 0 Å². The van der Waals surface area contributed by atoms with Crippen LogP contribution < -0.4 is 5.32 Å². The topological polar surface area (TPSA) is 42.0 Å². The van der Waals surface area contributed by atoms with Crippen molar-refractivity contribution in [1.82, 2.24) is 4.98 Å². The maximum absolute atomic E-state index is 13.2. The van der Waals surface area contributed by atoms with Crippen LogP contribution >= 0.6 is 11.3 Å². The molecule has 1 N–H and O–H groups in total. The molecule has 1 heterocycles. The molecule has 1 aromatic heterocycles. The van der Waals surface area contributed by atoms with Crippen molar-refractivity contribution in [2.75, 3.05) is 5.32 Å². The maximum atomic E-state index is 13.2. The van der Waals surface area contributed by atoms with Gasteiger partial charge in [-0.1, -0.05) is 6.07 Å². The molecule has 0 unspecified atom stereocenters. The molecule has 0 aliphatic rings. The summed E-state index contributed by atoms with van der Waals surface area (Å²) in [4.78, 5) is 17.4. The van der Waals surface area contributed by atoms with E-state index in [0.29, 0.717) is 10.8 Å². The van der Waals surface area contributed by atoms with Gasteiger partial charge in [0.15, 0.2) is 5.13 Å².